The van der Waals surface area contributed by atoms with E-state index >= 15 is 0 Å². The molecular formula is C15H24ClNS. The molecule has 1 N–H and O–H groups in total. The molecule has 1 aliphatic carbocycles. The van der Waals surface area contributed by atoms with Gasteiger partial charge in [-0.25, -0.2) is 0 Å². The third-order valence-electron chi connectivity index (χ3n) is 4.15. The molecule has 0 amide bonds. The van der Waals surface area contributed by atoms with Crippen molar-refractivity contribution in [2.75, 3.05) is 0 Å². The standard InChI is InChI=1S/C15H24ClNS/c1-15(2,3)11-4-6-12(7-5-11)17-10-13-8-9-14(16)18-13/h8-9,11-12,17H,4-7,10H2,1-3H3. The summed E-state index contributed by atoms with van der Waals surface area (Å²) in [5, 5.41) is 3.67. The first-order valence-electron chi connectivity index (χ1n) is 6.93. The fraction of sp³-hybridized carbons (Fsp3) is 0.733. The van der Waals surface area contributed by atoms with Crippen LogP contribution in [0.4, 0.5) is 0 Å². The van der Waals surface area contributed by atoms with Crippen molar-refractivity contribution >= 4 is 22.9 Å². The molecule has 1 aromatic heterocycles. The van der Waals surface area contributed by atoms with Gasteiger partial charge in [-0.2, -0.15) is 0 Å². The van der Waals surface area contributed by atoms with Gasteiger partial charge in [-0.1, -0.05) is 32.4 Å². The Hall–Kier alpha value is -0.0500. The summed E-state index contributed by atoms with van der Waals surface area (Å²) < 4.78 is 0.892. The largest absolute Gasteiger partial charge is 0.309 e. The second-order valence-corrected chi connectivity index (χ2v) is 8.30. The minimum Gasteiger partial charge on any atom is -0.309 e. The smallest absolute Gasteiger partial charge is 0.0931 e. The van der Waals surface area contributed by atoms with E-state index in [-0.39, 0.29) is 0 Å². The normalized spacial score (nSPS) is 25.3. The summed E-state index contributed by atoms with van der Waals surface area (Å²) in [4.78, 5) is 1.35. The van der Waals surface area contributed by atoms with E-state index in [9.17, 15) is 0 Å². The van der Waals surface area contributed by atoms with Gasteiger partial charge >= 0.3 is 0 Å². The Bertz CT molecular complexity index is 372. The van der Waals surface area contributed by atoms with Gasteiger partial charge in [0.25, 0.3) is 0 Å². The second-order valence-electron chi connectivity index (χ2n) is 6.50. The zero-order valence-corrected chi connectivity index (χ0v) is 13.2. The molecule has 0 spiro atoms. The van der Waals surface area contributed by atoms with Gasteiger partial charge in [-0.3, -0.25) is 0 Å². The molecule has 0 aromatic carbocycles. The Morgan fingerprint density at radius 2 is 1.89 bits per heavy atom. The van der Waals surface area contributed by atoms with Crippen molar-refractivity contribution in [2.24, 2.45) is 11.3 Å². The predicted octanol–water partition coefficient (Wildman–Crippen LogP) is 5.10. The van der Waals surface area contributed by atoms with E-state index in [0.717, 1.165) is 16.8 Å². The monoisotopic (exact) mass is 285 g/mol. The van der Waals surface area contributed by atoms with Crippen LogP contribution in [0.1, 0.15) is 51.3 Å². The van der Waals surface area contributed by atoms with E-state index in [2.05, 4.69) is 32.2 Å². The Balaban J connectivity index is 1.74. The van der Waals surface area contributed by atoms with E-state index < -0.39 is 0 Å². The number of halogens is 1. The van der Waals surface area contributed by atoms with Crippen LogP contribution in [-0.4, -0.2) is 6.04 Å². The van der Waals surface area contributed by atoms with Gasteiger partial charge in [-0.05, 0) is 49.1 Å². The summed E-state index contributed by atoms with van der Waals surface area (Å²) in [6, 6.07) is 4.81. The maximum absolute atomic E-state index is 5.94. The third-order valence-corrected chi connectivity index (χ3v) is 5.38. The zero-order chi connectivity index (χ0) is 13.2. The van der Waals surface area contributed by atoms with Gasteiger partial charge in [0.05, 0.1) is 4.34 Å². The summed E-state index contributed by atoms with van der Waals surface area (Å²) in [5.74, 6) is 0.895. The van der Waals surface area contributed by atoms with Crippen molar-refractivity contribution in [3.05, 3.63) is 21.3 Å². The van der Waals surface area contributed by atoms with Crippen LogP contribution in [0.15, 0.2) is 12.1 Å². The number of thiophene rings is 1. The minimum atomic E-state index is 0.478. The maximum atomic E-state index is 5.94. The second kappa shape index (κ2) is 5.94. The van der Waals surface area contributed by atoms with Crippen LogP contribution in [0.5, 0.6) is 0 Å². The lowest BCUT2D eigenvalue weighted by atomic mass is 9.71. The average Bonchev–Trinajstić information content (AvgIpc) is 2.72. The summed E-state index contributed by atoms with van der Waals surface area (Å²) in [7, 11) is 0. The van der Waals surface area contributed by atoms with E-state index in [1.165, 1.54) is 30.6 Å². The molecule has 1 fully saturated rings. The molecule has 1 saturated carbocycles. The summed E-state index contributed by atoms with van der Waals surface area (Å²) in [5.41, 5.74) is 0.478. The van der Waals surface area contributed by atoms with Crippen molar-refractivity contribution < 1.29 is 0 Å². The van der Waals surface area contributed by atoms with Gasteiger partial charge in [0.15, 0.2) is 0 Å². The van der Waals surface area contributed by atoms with Gasteiger partial charge < -0.3 is 5.32 Å². The molecule has 18 heavy (non-hydrogen) atoms. The lowest BCUT2D eigenvalue weighted by Gasteiger charge is -2.37. The van der Waals surface area contributed by atoms with Crippen molar-refractivity contribution in [2.45, 2.75) is 59.0 Å². The Labute approximate surface area is 120 Å². The Kier molecular flexibility index (Phi) is 4.74. The lowest BCUT2D eigenvalue weighted by Crippen LogP contribution is -2.35. The fourth-order valence-electron chi connectivity index (χ4n) is 2.86. The third kappa shape index (κ3) is 3.97. The van der Waals surface area contributed by atoms with Crippen LogP contribution in [-0.2, 0) is 6.54 Å². The molecule has 3 heteroatoms. The quantitative estimate of drug-likeness (QED) is 0.815. The first kappa shape index (κ1) is 14.4. The van der Waals surface area contributed by atoms with Crippen LogP contribution in [0.25, 0.3) is 0 Å². The molecule has 0 bridgehead atoms. The molecule has 1 heterocycles. The van der Waals surface area contributed by atoms with E-state index in [1.807, 2.05) is 6.07 Å². The van der Waals surface area contributed by atoms with Crippen LogP contribution < -0.4 is 5.32 Å². The maximum Gasteiger partial charge on any atom is 0.0931 e. The van der Waals surface area contributed by atoms with Crippen LogP contribution in [0.2, 0.25) is 4.34 Å². The van der Waals surface area contributed by atoms with Crippen molar-refractivity contribution in [1.82, 2.24) is 5.32 Å². The van der Waals surface area contributed by atoms with E-state index in [1.54, 1.807) is 11.3 Å². The van der Waals surface area contributed by atoms with Crippen LogP contribution in [0.3, 0.4) is 0 Å². The highest BCUT2D eigenvalue weighted by Crippen LogP contribution is 2.37. The Morgan fingerprint density at radius 3 is 2.39 bits per heavy atom. The molecule has 2 rings (SSSR count). The molecule has 0 atom stereocenters. The number of nitrogens with one attached hydrogen (secondary N) is 1. The van der Waals surface area contributed by atoms with Crippen LogP contribution in [0, 0.1) is 11.3 Å². The highest BCUT2D eigenvalue weighted by atomic mass is 35.5. The van der Waals surface area contributed by atoms with E-state index in [4.69, 9.17) is 11.6 Å². The molecule has 1 aliphatic rings. The first-order chi connectivity index (χ1) is 8.45. The van der Waals surface area contributed by atoms with Gasteiger partial charge in [0, 0.05) is 17.5 Å². The van der Waals surface area contributed by atoms with Crippen molar-refractivity contribution in [1.29, 1.82) is 0 Å². The summed E-state index contributed by atoms with van der Waals surface area (Å²) in [6.07, 6.45) is 5.38. The Morgan fingerprint density at radius 1 is 1.22 bits per heavy atom. The highest BCUT2D eigenvalue weighted by molar-refractivity contribution is 7.16. The predicted molar refractivity (Wildman–Crippen MR) is 81.4 cm³/mol. The molecule has 1 nitrogen and oxygen atoms in total. The van der Waals surface area contributed by atoms with Gasteiger partial charge in [0.2, 0.25) is 0 Å². The molecule has 0 unspecified atom stereocenters. The lowest BCUT2D eigenvalue weighted by molar-refractivity contribution is 0.160. The zero-order valence-electron chi connectivity index (χ0n) is 11.6. The molecular weight excluding hydrogens is 262 g/mol. The molecule has 1 aromatic rings. The van der Waals surface area contributed by atoms with Gasteiger partial charge in [-0.15, -0.1) is 11.3 Å². The highest BCUT2D eigenvalue weighted by Gasteiger charge is 2.29. The molecule has 0 radical (unpaired) electrons. The van der Waals surface area contributed by atoms with Crippen molar-refractivity contribution in [3.63, 3.8) is 0 Å². The first-order valence-corrected chi connectivity index (χ1v) is 8.12. The van der Waals surface area contributed by atoms with E-state index in [0.29, 0.717) is 11.5 Å². The van der Waals surface area contributed by atoms with Crippen molar-refractivity contribution in [3.8, 4) is 0 Å². The number of hydrogen-bond acceptors (Lipinski definition) is 2. The average molecular weight is 286 g/mol. The summed E-state index contributed by atoms with van der Waals surface area (Å²) in [6.45, 7) is 8.10. The molecule has 0 saturated heterocycles. The topological polar surface area (TPSA) is 12.0 Å². The number of rotatable bonds is 3. The number of hydrogen-bond donors (Lipinski definition) is 1. The fourth-order valence-corrected chi connectivity index (χ4v) is 3.89. The van der Waals surface area contributed by atoms with Gasteiger partial charge in [0.1, 0.15) is 0 Å². The minimum absolute atomic E-state index is 0.478. The molecule has 0 aliphatic heterocycles. The molecule has 102 valence electrons. The van der Waals surface area contributed by atoms with Crippen LogP contribution >= 0.6 is 22.9 Å². The SMILES string of the molecule is CC(C)(C)C1CCC(NCc2ccc(Cl)s2)CC1. The summed E-state index contributed by atoms with van der Waals surface area (Å²) >= 11 is 7.63.